The first-order chi connectivity index (χ1) is 12.4. The summed E-state index contributed by atoms with van der Waals surface area (Å²) in [5.74, 6) is -0.0172. The van der Waals surface area contributed by atoms with Crippen molar-refractivity contribution in [1.82, 2.24) is 4.98 Å². The van der Waals surface area contributed by atoms with Crippen LogP contribution in [0.15, 0.2) is 45.8 Å². The Morgan fingerprint density at radius 2 is 2.04 bits per heavy atom. The molecule has 0 aliphatic carbocycles. The van der Waals surface area contributed by atoms with Gasteiger partial charge in [-0.15, -0.1) is 0 Å². The molecule has 0 fully saturated rings. The standard InChI is InChI=1S/C18H21BrN2O4S/c1-3-8-25-17-10-20-15(9-16(17)22)11-26(24)12(2)18(23)21-14-6-4-13(19)5-7-14/h4-7,9-10,12H,3,8,11H2,1-2H3,(H,20,22)(H,21,23). The highest BCUT2D eigenvalue weighted by molar-refractivity contribution is 9.10. The predicted octanol–water partition coefficient (Wildman–Crippen LogP) is 3.20. The second-order valence-electron chi connectivity index (χ2n) is 5.70. The molecule has 26 heavy (non-hydrogen) atoms. The summed E-state index contributed by atoms with van der Waals surface area (Å²) in [4.78, 5) is 27.1. The number of ether oxygens (including phenoxy) is 1. The van der Waals surface area contributed by atoms with E-state index in [9.17, 15) is 13.8 Å². The summed E-state index contributed by atoms with van der Waals surface area (Å²) in [5.41, 5.74) is 0.865. The fourth-order valence-corrected chi connectivity index (χ4v) is 3.37. The van der Waals surface area contributed by atoms with Gasteiger partial charge in [0.1, 0.15) is 5.25 Å². The lowest BCUT2D eigenvalue weighted by molar-refractivity contribution is -0.115. The number of aromatic amines is 1. The molecule has 0 aliphatic heterocycles. The Hall–Kier alpha value is -1.93. The zero-order chi connectivity index (χ0) is 19.1. The zero-order valence-electron chi connectivity index (χ0n) is 14.6. The van der Waals surface area contributed by atoms with Gasteiger partial charge in [-0.3, -0.25) is 13.8 Å². The number of benzene rings is 1. The summed E-state index contributed by atoms with van der Waals surface area (Å²) < 4.78 is 18.7. The molecule has 8 heteroatoms. The Morgan fingerprint density at radius 1 is 1.35 bits per heavy atom. The van der Waals surface area contributed by atoms with E-state index in [2.05, 4.69) is 26.2 Å². The molecule has 0 saturated carbocycles. The van der Waals surface area contributed by atoms with Gasteiger partial charge in [0.15, 0.2) is 5.75 Å². The molecule has 0 bridgehead atoms. The average molecular weight is 441 g/mol. The molecular formula is C18H21BrN2O4S. The normalized spacial score (nSPS) is 13.0. The Bertz CT molecular complexity index is 836. The van der Waals surface area contributed by atoms with Crippen molar-refractivity contribution in [2.24, 2.45) is 0 Å². The third kappa shape index (κ3) is 5.81. The molecule has 2 unspecified atom stereocenters. The van der Waals surface area contributed by atoms with Crippen molar-refractivity contribution in [2.75, 3.05) is 11.9 Å². The van der Waals surface area contributed by atoms with E-state index >= 15 is 0 Å². The largest absolute Gasteiger partial charge is 0.488 e. The highest BCUT2D eigenvalue weighted by Gasteiger charge is 2.21. The molecule has 0 radical (unpaired) electrons. The number of pyridine rings is 1. The Morgan fingerprint density at radius 3 is 2.65 bits per heavy atom. The van der Waals surface area contributed by atoms with Crippen LogP contribution in [0, 0.1) is 0 Å². The molecule has 2 N–H and O–H groups in total. The molecule has 0 aliphatic rings. The summed E-state index contributed by atoms with van der Waals surface area (Å²) >= 11 is 3.33. The van der Waals surface area contributed by atoms with Crippen molar-refractivity contribution < 1.29 is 13.7 Å². The number of hydrogen-bond acceptors (Lipinski definition) is 4. The van der Waals surface area contributed by atoms with E-state index in [1.165, 1.54) is 12.3 Å². The van der Waals surface area contributed by atoms with Crippen LogP contribution in [0.1, 0.15) is 26.0 Å². The summed E-state index contributed by atoms with van der Waals surface area (Å²) in [6.45, 7) is 4.01. The molecule has 2 atom stereocenters. The number of aromatic nitrogens is 1. The van der Waals surface area contributed by atoms with Gasteiger partial charge in [-0.05, 0) is 37.6 Å². The third-order valence-electron chi connectivity index (χ3n) is 3.57. The molecule has 2 aromatic rings. The van der Waals surface area contributed by atoms with Crippen molar-refractivity contribution in [3.8, 4) is 5.75 Å². The van der Waals surface area contributed by atoms with Crippen molar-refractivity contribution in [2.45, 2.75) is 31.3 Å². The van der Waals surface area contributed by atoms with E-state index in [1.807, 2.05) is 19.1 Å². The van der Waals surface area contributed by atoms with E-state index in [1.54, 1.807) is 19.1 Å². The number of carbonyl (C=O) groups excluding carboxylic acids is 1. The molecule has 0 spiro atoms. The first-order valence-corrected chi connectivity index (χ1v) is 10.4. The second kappa shape index (κ2) is 9.68. The highest BCUT2D eigenvalue weighted by atomic mass is 79.9. The lowest BCUT2D eigenvalue weighted by Crippen LogP contribution is -2.30. The Balaban J connectivity index is 1.97. The van der Waals surface area contributed by atoms with Crippen LogP contribution >= 0.6 is 15.9 Å². The average Bonchev–Trinajstić information content (AvgIpc) is 2.62. The number of hydrogen-bond donors (Lipinski definition) is 2. The molecule has 0 saturated heterocycles. The fourth-order valence-electron chi connectivity index (χ4n) is 2.08. The van der Waals surface area contributed by atoms with Crippen LogP contribution in [0.25, 0.3) is 0 Å². The minimum atomic E-state index is -1.48. The minimum absolute atomic E-state index is 0.0816. The number of H-pyrrole nitrogens is 1. The van der Waals surface area contributed by atoms with Crippen molar-refractivity contribution in [1.29, 1.82) is 0 Å². The number of rotatable bonds is 8. The van der Waals surface area contributed by atoms with Gasteiger partial charge in [0.25, 0.3) is 0 Å². The van der Waals surface area contributed by atoms with Gasteiger partial charge in [-0.25, -0.2) is 0 Å². The van der Waals surface area contributed by atoms with Gasteiger partial charge < -0.3 is 15.0 Å². The molecule has 1 amide bonds. The van der Waals surface area contributed by atoms with Crippen molar-refractivity contribution in [3.05, 3.63) is 56.9 Å². The van der Waals surface area contributed by atoms with Crippen LogP contribution in [0.5, 0.6) is 5.75 Å². The van der Waals surface area contributed by atoms with Gasteiger partial charge in [0.2, 0.25) is 11.3 Å². The number of anilines is 1. The Labute approximate surface area is 162 Å². The molecule has 1 aromatic carbocycles. The fraction of sp³-hybridized carbons (Fsp3) is 0.333. The monoisotopic (exact) mass is 440 g/mol. The number of amides is 1. The number of nitrogens with one attached hydrogen (secondary N) is 2. The van der Waals surface area contributed by atoms with Crippen LogP contribution in [-0.4, -0.2) is 27.0 Å². The van der Waals surface area contributed by atoms with Crippen molar-refractivity contribution >= 4 is 38.3 Å². The maximum Gasteiger partial charge on any atom is 0.239 e. The van der Waals surface area contributed by atoms with E-state index in [0.717, 1.165) is 10.9 Å². The van der Waals surface area contributed by atoms with Gasteiger partial charge in [-0.1, -0.05) is 22.9 Å². The van der Waals surface area contributed by atoms with Crippen LogP contribution < -0.4 is 15.5 Å². The molecule has 1 aromatic heterocycles. The third-order valence-corrected chi connectivity index (χ3v) is 5.70. The van der Waals surface area contributed by atoms with Gasteiger partial charge in [0.05, 0.1) is 12.4 Å². The molecular weight excluding hydrogens is 420 g/mol. The summed E-state index contributed by atoms with van der Waals surface area (Å²) in [6, 6.07) is 8.49. The first kappa shape index (κ1) is 20.4. The van der Waals surface area contributed by atoms with Crippen molar-refractivity contribution in [3.63, 3.8) is 0 Å². The van der Waals surface area contributed by atoms with Gasteiger partial charge >= 0.3 is 0 Å². The van der Waals surface area contributed by atoms with Crippen LogP contribution in [0.2, 0.25) is 0 Å². The maximum absolute atomic E-state index is 12.5. The Kier molecular flexibility index (Phi) is 7.59. The summed E-state index contributed by atoms with van der Waals surface area (Å²) in [7, 11) is -1.48. The van der Waals surface area contributed by atoms with E-state index in [-0.39, 0.29) is 22.8 Å². The van der Waals surface area contributed by atoms with E-state index in [0.29, 0.717) is 18.0 Å². The molecule has 140 valence electrons. The predicted molar refractivity (Wildman–Crippen MR) is 107 cm³/mol. The number of halogens is 1. The SMILES string of the molecule is CCCOc1c[nH]c(CS(=O)C(C)C(=O)Nc2ccc(Br)cc2)cc1=O. The lowest BCUT2D eigenvalue weighted by Gasteiger charge is -2.12. The molecule has 6 nitrogen and oxygen atoms in total. The quantitative estimate of drug-likeness (QED) is 0.659. The van der Waals surface area contributed by atoms with Crippen LogP contribution in [0.3, 0.4) is 0 Å². The molecule has 1 heterocycles. The van der Waals surface area contributed by atoms with Gasteiger partial charge in [0, 0.05) is 38.9 Å². The maximum atomic E-state index is 12.5. The highest BCUT2D eigenvalue weighted by Crippen LogP contribution is 2.15. The molecule has 2 rings (SSSR count). The zero-order valence-corrected chi connectivity index (χ0v) is 17.0. The van der Waals surface area contributed by atoms with Crippen LogP contribution in [-0.2, 0) is 21.3 Å². The second-order valence-corrected chi connectivity index (χ2v) is 8.37. The van der Waals surface area contributed by atoms with Gasteiger partial charge in [-0.2, -0.15) is 0 Å². The smallest absolute Gasteiger partial charge is 0.239 e. The van der Waals surface area contributed by atoms with E-state index < -0.39 is 16.0 Å². The minimum Gasteiger partial charge on any atom is -0.488 e. The summed E-state index contributed by atoms with van der Waals surface area (Å²) in [5, 5.41) is 2.01. The lowest BCUT2D eigenvalue weighted by atomic mass is 10.3. The summed E-state index contributed by atoms with van der Waals surface area (Å²) in [6.07, 6.45) is 2.27. The van der Waals surface area contributed by atoms with E-state index in [4.69, 9.17) is 4.74 Å². The number of carbonyl (C=O) groups is 1. The first-order valence-electron chi connectivity index (χ1n) is 8.18. The van der Waals surface area contributed by atoms with Crippen LogP contribution in [0.4, 0.5) is 5.69 Å². The topological polar surface area (TPSA) is 88.3 Å².